The molecule has 1 atom stereocenters. The first-order chi connectivity index (χ1) is 6.09. The third-order valence-electron chi connectivity index (χ3n) is 1.63. The van der Waals surface area contributed by atoms with Gasteiger partial charge < -0.3 is 10.5 Å². The number of hydrogen-bond donors (Lipinski definition) is 1. The number of halogens is 1. The number of nitrogens with two attached hydrogens (primary N) is 1. The molecule has 0 aromatic heterocycles. The highest BCUT2D eigenvalue weighted by Crippen LogP contribution is 2.19. The molecule has 3 nitrogen and oxygen atoms in total. The Kier molecular flexibility index (Phi) is 3.31. The summed E-state index contributed by atoms with van der Waals surface area (Å²) in [5.41, 5.74) is 5.81. The number of carbonyl (C=O) groups is 1. The van der Waals surface area contributed by atoms with Gasteiger partial charge in [-0.3, -0.25) is 0 Å². The van der Waals surface area contributed by atoms with E-state index in [-0.39, 0.29) is 6.10 Å². The fraction of sp³-hybridized carbons (Fsp3) is 0.222. The average Bonchev–Trinajstić information content (AvgIpc) is 2.04. The minimum Gasteiger partial charge on any atom is -0.442 e. The van der Waals surface area contributed by atoms with Crippen LogP contribution in [0.2, 0.25) is 0 Å². The van der Waals surface area contributed by atoms with Gasteiger partial charge in [0.05, 0.1) is 0 Å². The molecule has 0 aliphatic rings. The maximum Gasteiger partial charge on any atom is 0.405 e. The molecule has 0 bridgehead atoms. The fourth-order valence-electron chi connectivity index (χ4n) is 0.976. The van der Waals surface area contributed by atoms with Gasteiger partial charge in [-0.1, -0.05) is 28.1 Å². The second kappa shape index (κ2) is 4.28. The second-order valence-corrected chi connectivity index (χ2v) is 3.55. The highest BCUT2D eigenvalue weighted by atomic mass is 79.9. The summed E-state index contributed by atoms with van der Waals surface area (Å²) in [4.78, 5) is 10.4. The number of amides is 1. The van der Waals surface area contributed by atoms with Crippen molar-refractivity contribution in [3.8, 4) is 0 Å². The van der Waals surface area contributed by atoms with Crippen molar-refractivity contribution in [2.45, 2.75) is 13.0 Å². The molecule has 2 N–H and O–H groups in total. The summed E-state index contributed by atoms with van der Waals surface area (Å²) in [7, 11) is 0. The predicted octanol–water partition coefficient (Wildman–Crippen LogP) is 2.61. The molecule has 0 saturated carbocycles. The van der Waals surface area contributed by atoms with Gasteiger partial charge in [-0.15, -0.1) is 0 Å². The van der Waals surface area contributed by atoms with Crippen LogP contribution in [0.3, 0.4) is 0 Å². The number of ether oxygens (including phenoxy) is 1. The van der Waals surface area contributed by atoms with Crippen LogP contribution in [-0.2, 0) is 4.74 Å². The number of primary amides is 1. The van der Waals surface area contributed by atoms with Crippen molar-refractivity contribution in [1.82, 2.24) is 0 Å². The van der Waals surface area contributed by atoms with Crippen LogP contribution < -0.4 is 5.73 Å². The van der Waals surface area contributed by atoms with E-state index in [9.17, 15) is 4.79 Å². The molecule has 0 heterocycles. The number of rotatable bonds is 2. The van der Waals surface area contributed by atoms with Crippen molar-refractivity contribution in [2.75, 3.05) is 0 Å². The first-order valence-electron chi connectivity index (χ1n) is 3.81. The van der Waals surface area contributed by atoms with Gasteiger partial charge in [0.15, 0.2) is 0 Å². The zero-order valence-corrected chi connectivity index (χ0v) is 8.74. The van der Waals surface area contributed by atoms with E-state index < -0.39 is 6.09 Å². The Labute approximate surface area is 85.0 Å². The first-order valence-corrected chi connectivity index (χ1v) is 4.60. The van der Waals surface area contributed by atoms with Crippen LogP contribution in [0.25, 0.3) is 0 Å². The molecule has 0 aliphatic carbocycles. The molecule has 4 heteroatoms. The predicted molar refractivity (Wildman–Crippen MR) is 53.2 cm³/mol. The Morgan fingerprint density at radius 1 is 1.46 bits per heavy atom. The third kappa shape index (κ3) is 3.06. The van der Waals surface area contributed by atoms with Gasteiger partial charge in [0.1, 0.15) is 6.10 Å². The van der Waals surface area contributed by atoms with Gasteiger partial charge in [-0.05, 0) is 24.6 Å². The SMILES string of the molecule is C[C@H](OC(N)=O)c1ccc(Br)cc1. The number of hydrogen-bond acceptors (Lipinski definition) is 2. The molecule has 1 aromatic rings. The minimum atomic E-state index is -0.754. The normalized spacial score (nSPS) is 12.2. The van der Waals surface area contributed by atoms with Crippen LogP contribution in [0.1, 0.15) is 18.6 Å². The molecule has 0 spiro atoms. The summed E-state index contributed by atoms with van der Waals surface area (Å²) in [6.45, 7) is 1.77. The smallest absolute Gasteiger partial charge is 0.405 e. The van der Waals surface area contributed by atoms with E-state index in [4.69, 9.17) is 10.5 Å². The van der Waals surface area contributed by atoms with E-state index in [0.717, 1.165) is 10.0 Å². The Morgan fingerprint density at radius 3 is 2.46 bits per heavy atom. The molecular weight excluding hydrogens is 234 g/mol. The number of carbonyl (C=O) groups excluding carboxylic acids is 1. The quantitative estimate of drug-likeness (QED) is 0.869. The van der Waals surface area contributed by atoms with E-state index >= 15 is 0 Å². The van der Waals surface area contributed by atoms with Crippen molar-refractivity contribution in [3.63, 3.8) is 0 Å². The number of benzene rings is 1. The highest BCUT2D eigenvalue weighted by molar-refractivity contribution is 9.10. The first kappa shape index (κ1) is 10.1. The van der Waals surface area contributed by atoms with Crippen LogP contribution in [0.4, 0.5) is 4.79 Å². The maximum atomic E-state index is 10.4. The molecule has 1 amide bonds. The fourth-order valence-corrected chi connectivity index (χ4v) is 1.24. The van der Waals surface area contributed by atoms with E-state index in [0.29, 0.717) is 0 Å². The zero-order valence-electron chi connectivity index (χ0n) is 7.16. The Morgan fingerprint density at radius 2 is 2.00 bits per heavy atom. The molecule has 0 radical (unpaired) electrons. The topological polar surface area (TPSA) is 52.3 Å². The largest absolute Gasteiger partial charge is 0.442 e. The monoisotopic (exact) mass is 243 g/mol. The van der Waals surface area contributed by atoms with Crippen molar-refractivity contribution in [3.05, 3.63) is 34.3 Å². The lowest BCUT2D eigenvalue weighted by Gasteiger charge is -2.11. The molecule has 0 saturated heterocycles. The van der Waals surface area contributed by atoms with Gasteiger partial charge >= 0.3 is 6.09 Å². The maximum absolute atomic E-state index is 10.4. The summed E-state index contributed by atoms with van der Waals surface area (Å²) in [6.07, 6.45) is -1.05. The third-order valence-corrected chi connectivity index (χ3v) is 2.16. The van der Waals surface area contributed by atoms with E-state index in [1.165, 1.54) is 0 Å². The molecular formula is C9H10BrNO2. The van der Waals surface area contributed by atoms with Gasteiger partial charge in [-0.25, -0.2) is 4.79 Å². The van der Waals surface area contributed by atoms with E-state index in [1.807, 2.05) is 24.3 Å². The molecule has 0 aliphatic heterocycles. The Bertz CT molecular complexity index is 297. The van der Waals surface area contributed by atoms with Crippen LogP contribution in [0.15, 0.2) is 28.7 Å². The molecule has 1 aromatic carbocycles. The second-order valence-electron chi connectivity index (χ2n) is 2.63. The Hall–Kier alpha value is -1.03. The van der Waals surface area contributed by atoms with Gasteiger partial charge in [-0.2, -0.15) is 0 Å². The molecule has 1 rings (SSSR count). The Balaban J connectivity index is 2.71. The summed E-state index contributed by atoms with van der Waals surface area (Å²) in [5, 5.41) is 0. The molecule has 13 heavy (non-hydrogen) atoms. The standard InChI is InChI=1S/C9H10BrNO2/c1-6(13-9(11)12)7-2-4-8(10)5-3-7/h2-6H,1H3,(H2,11,12)/t6-/m0/s1. The van der Waals surface area contributed by atoms with Crippen molar-refractivity contribution in [1.29, 1.82) is 0 Å². The van der Waals surface area contributed by atoms with E-state index in [2.05, 4.69) is 15.9 Å². The van der Waals surface area contributed by atoms with Crippen molar-refractivity contribution >= 4 is 22.0 Å². The highest BCUT2D eigenvalue weighted by Gasteiger charge is 2.07. The molecule has 0 unspecified atom stereocenters. The lowest BCUT2D eigenvalue weighted by atomic mass is 10.1. The summed E-state index contributed by atoms with van der Waals surface area (Å²) in [6, 6.07) is 7.52. The van der Waals surface area contributed by atoms with Crippen LogP contribution in [0, 0.1) is 0 Å². The van der Waals surface area contributed by atoms with Crippen molar-refractivity contribution in [2.24, 2.45) is 5.73 Å². The van der Waals surface area contributed by atoms with Gasteiger partial charge in [0.25, 0.3) is 0 Å². The van der Waals surface area contributed by atoms with Crippen molar-refractivity contribution < 1.29 is 9.53 Å². The molecule has 70 valence electrons. The average molecular weight is 244 g/mol. The zero-order chi connectivity index (χ0) is 9.84. The van der Waals surface area contributed by atoms with Crippen LogP contribution in [0.5, 0.6) is 0 Å². The van der Waals surface area contributed by atoms with Gasteiger partial charge in [0, 0.05) is 4.47 Å². The summed E-state index contributed by atoms with van der Waals surface area (Å²) in [5.74, 6) is 0. The lowest BCUT2D eigenvalue weighted by molar-refractivity contribution is 0.116. The van der Waals surface area contributed by atoms with E-state index in [1.54, 1.807) is 6.92 Å². The molecule has 0 fully saturated rings. The lowest BCUT2D eigenvalue weighted by Crippen LogP contribution is -2.15. The van der Waals surface area contributed by atoms with Gasteiger partial charge in [0.2, 0.25) is 0 Å². The minimum absolute atomic E-state index is 0.300. The van der Waals surface area contributed by atoms with Crippen LogP contribution in [-0.4, -0.2) is 6.09 Å². The van der Waals surface area contributed by atoms with Crippen LogP contribution >= 0.6 is 15.9 Å². The summed E-state index contributed by atoms with van der Waals surface area (Å²) < 4.78 is 5.79. The summed E-state index contributed by atoms with van der Waals surface area (Å²) >= 11 is 3.31.